The van der Waals surface area contributed by atoms with Gasteiger partial charge in [-0.1, -0.05) is 0 Å². The lowest BCUT2D eigenvalue weighted by atomic mass is 10.2. The van der Waals surface area contributed by atoms with Crippen molar-refractivity contribution in [3.05, 3.63) is 11.8 Å². The van der Waals surface area contributed by atoms with E-state index in [0.29, 0.717) is 0 Å². The van der Waals surface area contributed by atoms with Gasteiger partial charge in [-0.2, -0.15) is 0 Å². The first-order chi connectivity index (χ1) is 6.63. The summed E-state index contributed by atoms with van der Waals surface area (Å²) in [5.74, 6) is -1.01. The lowest BCUT2D eigenvalue weighted by Crippen LogP contribution is -2.25. The molecular formula is C8H15N3O3. The molecule has 0 aromatic heterocycles. The molecule has 5 N–H and O–H groups in total. The summed E-state index contributed by atoms with van der Waals surface area (Å²) in [4.78, 5) is 11.2. The number of hydrogen-bond acceptors (Lipinski definition) is 5. The second-order valence-electron chi connectivity index (χ2n) is 2.37. The summed E-state index contributed by atoms with van der Waals surface area (Å²) in [7, 11) is 0. The number of rotatable bonds is 6. The molecule has 0 spiro atoms. The van der Waals surface area contributed by atoms with Gasteiger partial charge in [-0.15, -0.1) is 0 Å². The normalized spacial score (nSPS) is 10.9. The van der Waals surface area contributed by atoms with Crippen molar-refractivity contribution >= 4 is 11.8 Å². The Hall–Kier alpha value is -1.56. The number of amidine groups is 1. The summed E-state index contributed by atoms with van der Waals surface area (Å²) in [5.41, 5.74) is 5.12. The lowest BCUT2D eigenvalue weighted by Gasteiger charge is -2.05. The zero-order valence-corrected chi connectivity index (χ0v) is 8.04. The van der Waals surface area contributed by atoms with Crippen LogP contribution in [0, 0.1) is 5.41 Å². The zero-order chi connectivity index (χ0) is 11.0. The van der Waals surface area contributed by atoms with E-state index in [0.717, 1.165) is 0 Å². The van der Waals surface area contributed by atoms with E-state index in [2.05, 4.69) is 10.1 Å². The maximum Gasteiger partial charge on any atom is 0.343 e. The van der Waals surface area contributed by atoms with Crippen LogP contribution in [0.4, 0.5) is 0 Å². The monoisotopic (exact) mass is 201 g/mol. The fraction of sp³-hybridized carbons (Fsp3) is 0.500. The van der Waals surface area contributed by atoms with E-state index in [-0.39, 0.29) is 31.2 Å². The summed E-state index contributed by atoms with van der Waals surface area (Å²) in [6.45, 7) is 2.11. The summed E-state index contributed by atoms with van der Waals surface area (Å²) < 4.78 is 4.67. The molecule has 0 radical (unpaired) electrons. The Morgan fingerprint density at radius 3 is 2.79 bits per heavy atom. The standard InChI is InChI=1S/C8H15N3O3/c1-2-14-8(13)6(7(9)10)5-11-3-4-12/h5,11-12H,2-4H2,1H3,(H3,9,10)/b6-5+. The summed E-state index contributed by atoms with van der Waals surface area (Å²) in [5, 5.41) is 18.2. The average molecular weight is 201 g/mol. The number of ether oxygens (including phenoxy) is 1. The van der Waals surface area contributed by atoms with Gasteiger partial charge in [0.1, 0.15) is 11.4 Å². The van der Waals surface area contributed by atoms with E-state index in [1.165, 1.54) is 6.20 Å². The number of carbonyl (C=O) groups excluding carboxylic acids is 1. The predicted molar refractivity (Wildman–Crippen MR) is 51.7 cm³/mol. The molecule has 6 heteroatoms. The minimum atomic E-state index is -0.648. The van der Waals surface area contributed by atoms with Crippen molar-refractivity contribution in [3.63, 3.8) is 0 Å². The van der Waals surface area contributed by atoms with Crippen LogP contribution in [0.25, 0.3) is 0 Å². The van der Waals surface area contributed by atoms with Crippen LogP contribution in [0.2, 0.25) is 0 Å². The van der Waals surface area contributed by atoms with Crippen molar-refractivity contribution in [1.29, 1.82) is 5.41 Å². The third-order valence-corrected chi connectivity index (χ3v) is 1.29. The summed E-state index contributed by atoms with van der Waals surface area (Å²) in [6, 6.07) is 0. The Morgan fingerprint density at radius 1 is 1.71 bits per heavy atom. The molecule has 0 atom stereocenters. The quantitative estimate of drug-likeness (QED) is 0.144. The van der Waals surface area contributed by atoms with Gasteiger partial charge in [0.05, 0.1) is 13.2 Å². The zero-order valence-electron chi connectivity index (χ0n) is 8.04. The topological polar surface area (TPSA) is 108 Å². The minimum absolute atomic E-state index is 0.0414. The van der Waals surface area contributed by atoms with Crippen LogP contribution in [-0.4, -0.2) is 36.7 Å². The first-order valence-electron chi connectivity index (χ1n) is 4.19. The average Bonchev–Trinajstić information content (AvgIpc) is 2.12. The molecule has 0 aliphatic heterocycles. The molecular weight excluding hydrogens is 186 g/mol. The van der Waals surface area contributed by atoms with Gasteiger partial charge in [0, 0.05) is 12.7 Å². The van der Waals surface area contributed by atoms with Crippen LogP contribution >= 0.6 is 0 Å². The molecule has 0 aliphatic rings. The van der Waals surface area contributed by atoms with Crippen LogP contribution in [-0.2, 0) is 9.53 Å². The maximum absolute atomic E-state index is 11.2. The molecule has 0 fully saturated rings. The van der Waals surface area contributed by atoms with Crippen LogP contribution < -0.4 is 11.1 Å². The van der Waals surface area contributed by atoms with E-state index in [4.69, 9.17) is 16.2 Å². The SMILES string of the molecule is CCOC(=O)/C(=C/NCCO)C(=N)N. The van der Waals surface area contributed by atoms with Gasteiger partial charge in [-0.3, -0.25) is 5.41 Å². The molecule has 0 heterocycles. The maximum atomic E-state index is 11.2. The van der Waals surface area contributed by atoms with Crippen LogP contribution in [0.15, 0.2) is 11.8 Å². The van der Waals surface area contributed by atoms with Crippen LogP contribution in [0.1, 0.15) is 6.92 Å². The molecule has 80 valence electrons. The Balaban J connectivity index is 4.35. The molecule has 0 rings (SSSR count). The first kappa shape index (κ1) is 12.4. The van der Waals surface area contributed by atoms with E-state index >= 15 is 0 Å². The largest absolute Gasteiger partial charge is 0.462 e. The van der Waals surface area contributed by atoms with Crippen molar-refractivity contribution in [1.82, 2.24) is 5.32 Å². The number of carbonyl (C=O) groups is 1. The molecule has 0 bridgehead atoms. The third kappa shape index (κ3) is 4.46. The van der Waals surface area contributed by atoms with Gasteiger partial charge in [0.25, 0.3) is 0 Å². The van der Waals surface area contributed by atoms with Gasteiger partial charge in [0.15, 0.2) is 0 Å². The minimum Gasteiger partial charge on any atom is -0.462 e. The fourth-order valence-electron chi connectivity index (χ4n) is 0.694. The Morgan fingerprint density at radius 2 is 2.36 bits per heavy atom. The first-order valence-corrected chi connectivity index (χ1v) is 4.19. The highest BCUT2D eigenvalue weighted by Crippen LogP contribution is 1.95. The molecule has 0 unspecified atom stereocenters. The Bertz CT molecular complexity index is 238. The molecule has 0 saturated heterocycles. The lowest BCUT2D eigenvalue weighted by molar-refractivity contribution is -0.137. The molecule has 0 amide bonds. The van der Waals surface area contributed by atoms with Crippen LogP contribution in [0.3, 0.4) is 0 Å². The van der Waals surface area contributed by atoms with Crippen LogP contribution in [0.5, 0.6) is 0 Å². The number of nitrogens with one attached hydrogen (secondary N) is 2. The molecule has 0 aliphatic carbocycles. The van der Waals surface area contributed by atoms with Crippen molar-refractivity contribution in [2.45, 2.75) is 6.92 Å². The van der Waals surface area contributed by atoms with Crippen molar-refractivity contribution in [2.24, 2.45) is 5.73 Å². The van der Waals surface area contributed by atoms with E-state index in [1.807, 2.05) is 0 Å². The van der Waals surface area contributed by atoms with E-state index < -0.39 is 5.97 Å². The second kappa shape index (κ2) is 6.90. The Labute approximate surface area is 82.2 Å². The number of aliphatic hydroxyl groups excluding tert-OH is 1. The van der Waals surface area contributed by atoms with E-state index in [9.17, 15) is 4.79 Å². The van der Waals surface area contributed by atoms with Gasteiger partial charge in [0.2, 0.25) is 0 Å². The van der Waals surface area contributed by atoms with Crippen molar-refractivity contribution in [3.8, 4) is 0 Å². The molecule has 14 heavy (non-hydrogen) atoms. The van der Waals surface area contributed by atoms with E-state index in [1.54, 1.807) is 6.92 Å². The number of nitrogens with two attached hydrogens (primary N) is 1. The smallest absolute Gasteiger partial charge is 0.343 e. The summed E-state index contributed by atoms with van der Waals surface area (Å²) >= 11 is 0. The fourth-order valence-corrected chi connectivity index (χ4v) is 0.694. The van der Waals surface area contributed by atoms with Crippen molar-refractivity contribution < 1.29 is 14.6 Å². The van der Waals surface area contributed by atoms with Gasteiger partial charge < -0.3 is 20.9 Å². The second-order valence-corrected chi connectivity index (χ2v) is 2.37. The van der Waals surface area contributed by atoms with Gasteiger partial charge in [-0.25, -0.2) is 4.79 Å². The highest BCUT2D eigenvalue weighted by Gasteiger charge is 2.12. The molecule has 0 aromatic carbocycles. The number of esters is 1. The van der Waals surface area contributed by atoms with Gasteiger partial charge >= 0.3 is 5.97 Å². The highest BCUT2D eigenvalue weighted by atomic mass is 16.5. The molecule has 0 aromatic rings. The molecule has 0 saturated carbocycles. The Kier molecular flexibility index (Phi) is 6.13. The predicted octanol–water partition coefficient (Wildman–Crippen LogP) is -1.05. The third-order valence-electron chi connectivity index (χ3n) is 1.29. The number of hydrogen-bond donors (Lipinski definition) is 4. The molecule has 6 nitrogen and oxygen atoms in total. The summed E-state index contributed by atoms with van der Waals surface area (Å²) in [6.07, 6.45) is 1.26. The van der Waals surface area contributed by atoms with Crippen molar-refractivity contribution in [2.75, 3.05) is 19.8 Å². The highest BCUT2D eigenvalue weighted by molar-refractivity contribution is 6.16. The van der Waals surface area contributed by atoms with Gasteiger partial charge in [-0.05, 0) is 6.92 Å². The number of aliphatic hydroxyl groups is 1.